The minimum Gasteiger partial charge on any atom is -0.507 e. The maximum Gasteiger partial charge on any atom is 0.342 e. The number of phenols is 1. The van der Waals surface area contributed by atoms with Gasteiger partial charge in [-0.3, -0.25) is 9.59 Å². The summed E-state index contributed by atoms with van der Waals surface area (Å²) in [6.45, 7) is 3.63. The lowest BCUT2D eigenvalue weighted by Gasteiger charge is -2.16. The van der Waals surface area contributed by atoms with E-state index in [0.717, 1.165) is 6.08 Å². The van der Waals surface area contributed by atoms with Gasteiger partial charge in [0.2, 0.25) is 0 Å². The molecule has 302 valence electrons. The molecule has 1 fully saturated rings. The van der Waals surface area contributed by atoms with E-state index in [4.69, 9.17) is 37.9 Å². The Labute approximate surface area is 324 Å². The van der Waals surface area contributed by atoms with Gasteiger partial charge < -0.3 is 53.2 Å². The summed E-state index contributed by atoms with van der Waals surface area (Å²) in [4.78, 5) is 49.4. The number of fused-ring (bicyclic) bond motifs is 3. The van der Waals surface area contributed by atoms with Crippen LogP contribution in [-0.4, -0.2) is 110 Å². The summed E-state index contributed by atoms with van der Waals surface area (Å²) in [6.07, 6.45) is 9.33. The van der Waals surface area contributed by atoms with Crippen LogP contribution in [0.2, 0.25) is 0 Å². The third kappa shape index (κ3) is 11.8. The summed E-state index contributed by atoms with van der Waals surface area (Å²) >= 11 is 0. The van der Waals surface area contributed by atoms with Gasteiger partial charge in [0.05, 0.1) is 39.6 Å². The molecular weight excluding hydrogens is 732 g/mol. The molecule has 0 aromatic heterocycles. The highest BCUT2D eigenvalue weighted by Gasteiger charge is 2.43. The molecule has 0 aliphatic carbocycles. The largest absolute Gasteiger partial charge is 0.507 e. The maximum absolute atomic E-state index is 12.8. The summed E-state index contributed by atoms with van der Waals surface area (Å²) < 4.78 is 43.3. The van der Waals surface area contributed by atoms with Gasteiger partial charge in [-0.05, 0) is 74.9 Å². The average molecular weight is 781 g/mol. The first-order valence-corrected chi connectivity index (χ1v) is 17.8. The van der Waals surface area contributed by atoms with Gasteiger partial charge >= 0.3 is 11.9 Å². The van der Waals surface area contributed by atoms with Gasteiger partial charge in [0.1, 0.15) is 46.3 Å². The van der Waals surface area contributed by atoms with Crippen molar-refractivity contribution >= 4 is 35.7 Å². The van der Waals surface area contributed by atoms with Crippen molar-refractivity contribution in [2.45, 2.75) is 69.7 Å². The lowest BCUT2D eigenvalue weighted by molar-refractivity contribution is -0.152. The number of esters is 2. The molecule has 15 heteroatoms. The predicted octanol–water partition coefficient (Wildman–Crippen LogP) is 4.50. The number of rotatable bonds is 5. The summed E-state index contributed by atoms with van der Waals surface area (Å²) in [5.74, 6) is -2.04. The van der Waals surface area contributed by atoms with Crippen LogP contribution >= 0.6 is 0 Å². The van der Waals surface area contributed by atoms with Crippen molar-refractivity contribution in [3.05, 3.63) is 83.0 Å². The number of aromatic hydroxyl groups is 1. The second-order valence-corrected chi connectivity index (χ2v) is 13.1. The van der Waals surface area contributed by atoms with Crippen LogP contribution in [0.3, 0.4) is 0 Å². The molecule has 0 radical (unpaired) electrons. The number of carbonyl (C=O) groups is 4. The van der Waals surface area contributed by atoms with E-state index in [9.17, 15) is 34.5 Å². The summed E-state index contributed by atoms with van der Waals surface area (Å²) in [6, 6.07) is 6.17. The third-order valence-electron chi connectivity index (χ3n) is 8.50. The number of hydrogen-bond donors (Lipinski definition) is 3. The van der Waals surface area contributed by atoms with Gasteiger partial charge in [-0.2, -0.15) is 0 Å². The first kappa shape index (κ1) is 43.4. The number of aliphatic hydroxyl groups excluding tert-OH is 2. The Bertz CT molecular complexity index is 1840. The van der Waals surface area contributed by atoms with E-state index < -0.39 is 47.9 Å². The van der Waals surface area contributed by atoms with Crippen LogP contribution in [0.1, 0.15) is 71.4 Å². The zero-order valence-corrected chi connectivity index (χ0v) is 31.9. The zero-order chi connectivity index (χ0) is 40.8. The first-order valence-electron chi connectivity index (χ1n) is 17.8. The second kappa shape index (κ2) is 20.6. The van der Waals surface area contributed by atoms with E-state index in [-0.39, 0.29) is 55.5 Å². The minimum atomic E-state index is -1.54. The average Bonchev–Trinajstić information content (AvgIpc) is 3.48. The molecule has 0 amide bonds. The van der Waals surface area contributed by atoms with Crippen LogP contribution < -0.4 is 14.2 Å². The number of benzene rings is 2. The number of ketones is 2. The minimum absolute atomic E-state index is 0.00408. The number of carbonyl (C=O) groups excluding carboxylic acids is 4. The summed E-state index contributed by atoms with van der Waals surface area (Å²) in [5, 5.41) is 29.8. The van der Waals surface area contributed by atoms with Gasteiger partial charge in [-0.15, -0.1) is 0 Å². The standard InChI is InChI=1S/C23H28O8.C18H20O7/c1-23(2)30-18-10-7-8-15-12-16(27-4)13-19(29-14-26-3)20(15)22(25)28-11-6-5-9-17(24)21(18)31-23;1-24-12-9-11-5-4-7-14(20)17(22)13(19)6-2-3-8-25-18(23)16(11)15(21)10-12/h5,7-9,12-13,18,21H,6,10-11,14H2,1-4H3;2,4-6,9-10,14,17,20-22H,3,7-8H2,1H3/b8-7+,9-5-;5-4+,6-2-/t18-,21?;14-,17?/m00/s1. The number of cyclic esters (lactones) is 2. The summed E-state index contributed by atoms with van der Waals surface area (Å²) in [5.41, 5.74) is 1.14. The molecule has 5 rings (SSSR count). The molecular formula is C41H48O15. The van der Waals surface area contributed by atoms with Crippen LogP contribution in [-0.2, 0) is 33.3 Å². The highest BCUT2D eigenvalue weighted by molar-refractivity contribution is 5.98. The fourth-order valence-electron chi connectivity index (χ4n) is 5.82. The van der Waals surface area contributed by atoms with Crippen LogP contribution in [0.5, 0.6) is 23.0 Å². The van der Waals surface area contributed by atoms with E-state index in [2.05, 4.69) is 0 Å². The van der Waals surface area contributed by atoms with Crippen LogP contribution in [0.4, 0.5) is 0 Å². The van der Waals surface area contributed by atoms with Crippen LogP contribution in [0, 0.1) is 0 Å². The number of ether oxygens (including phenoxy) is 8. The molecule has 2 aromatic rings. The molecule has 3 aliphatic rings. The van der Waals surface area contributed by atoms with E-state index in [0.29, 0.717) is 41.2 Å². The molecule has 0 bridgehead atoms. The fraction of sp³-hybridized carbons (Fsp3) is 0.415. The molecule has 3 N–H and O–H groups in total. The van der Waals surface area contributed by atoms with E-state index >= 15 is 0 Å². The molecule has 4 atom stereocenters. The quantitative estimate of drug-likeness (QED) is 0.283. The zero-order valence-electron chi connectivity index (χ0n) is 31.9. The van der Waals surface area contributed by atoms with Gasteiger partial charge in [-0.1, -0.05) is 36.5 Å². The Morgan fingerprint density at radius 3 is 1.91 bits per heavy atom. The number of phenolic OH excluding ortho intramolecular Hbond substituents is 1. The molecule has 0 saturated carbocycles. The molecule has 15 nitrogen and oxygen atoms in total. The smallest absolute Gasteiger partial charge is 0.342 e. The van der Waals surface area contributed by atoms with Gasteiger partial charge in [-0.25, -0.2) is 9.59 Å². The molecule has 56 heavy (non-hydrogen) atoms. The Hall–Kier alpha value is -5.32. The highest BCUT2D eigenvalue weighted by atomic mass is 16.8. The van der Waals surface area contributed by atoms with Crippen molar-refractivity contribution in [1.82, 2.24) is 0 Å². The predicted molar refractivity (Wildman–Crippen MR) is 201 cm³/mol. The number of aliphatic hydroxyl groups is 2. The van der Waals surface area contributed by atoms with E-state index in [1.165, 1.54) is 57.8 Å². The van der Waals surface area contributed by atoms with Crippen LogP contribution in [0.25, 0.3) is 12.2 Å². The molecule has 3 aliphatic heterocycles. The molecule has 1 saturated heterocycles. The highest BCUT2D eigenvalue weighted by Crippen LogP contribution is 2.34. The number of hydrogen-bond acceptors (Lipinski definition) is 15. The van der Waals surface area contributed by atoms with Crippen molar-refractivity contribution in [3.63, 3.8) is 0 Å². The van der Waals surface area contributed by atoms with E-state index in [1.54, 1.807) is 38.1 Å². The van der Waals surface area contributed by atoms with Crippen molar-refractivity contribution in [3.8, 4) is 23.0 Å². The maximum atomic E-state index is 12.8. The lowest BCUT2D eigenvalue weighted by Crippen LogP contribution is -2.32. The van der Waals surface area contributed by atoms with E-state index in [1.807, 2.05) is 6.08 Å². The Morgan fingerprint density at radius 2 is 1.29 bits per heavy atom. The monoisotopic (exact) mass is 780 g/mol. The fourth-order valence-corrected chi connectivity index (χ4v) is 5.82. The Kier molecular flexibility index (Phi) is 15.9. The second-order valence-electron chi connectivity index (χ2n) is 13.1. The first-order chi connectivity index (χ1) is 26.8. The van der Waals surface area contributed by atoms with Crippen molar-refractivity contribution < 1.29 is 72.4 Å². The van der Waals surface area contributed by atoms with Gasteiger partial charge in [0.15, 0.2) is 24.1 Å². The van der Waals surface area contributed by atoms with Gasteiger partial charge in [0, 0.05) is 19.2 Å². The Morgan fingerprint density at radius 1 is 0.714 bits per heavy atom. The topological polar surface area (TPSA) is 203 Å². The molecule has 2 aromatic carbocycles. The normalized spacial score (nSPS) is 25.1. The van der Waals surface area contributed by atoms with Crippen molar-refractivity contribution in [2.75, 3.05) is 41.3 Å². The van der Waals surface area contributed by atoms with Crippen LogP contribution in [0.15, 0.2) is 60.7 Å². The third-order valence-corrected chi connectivity index (χ3v) is 8.50. The van der Waals surface area contributed by atoms with Gasteiger partial charge in [0.25, 0.3) is 0 Å². The SMILES string of the molecule is COCOc1cc(OC)cc2c1C(=O)OCC/C=C\C(=O)C1OC(C)(C)O[C@H]1C/C=C/2.COc1cc(O)c2c(c1)/C=C/C[C@H](O)C(O)C(=O)/C=C\CCOC2=O. The lowest BCUT2D eigenvalue weighted by atomic mass is 10.0. The molecule has 0 spiro atoms. The molecule has 2 unspecified atom stereocenters. The van der Waals surface area contributed by atoms with Crippen molar-refractivity contribution in [1.29, 1.82) is 0 Å². The van der Waals surface area contributed by atoms with Crippen molar-refractivity contribution in [2.24, 2.45) is 0 Å². The number of methoxy groups -OCH3 is 3. The Balaban J connectivity index is 0.000000255. The molecule has 3 heterocycles. The summed E-state index contributed by atoms with van der Waals surface area (Å²) in [7, 11) is 4.44.